The van der Waals surface area contributed by atoms with Gasteiger partial charge in [0.05, 0.1) is 18.9 Å². The third-order valence-corrected chi connectivity index (χ3v) is 7.06. The number of hydrazone groups is 1. The van der Waals surface area contributed by atoms with Gasteiger partial charge in [-0.15, -0.1) is 0 Å². The van der Waals surface area contributed by atoms with Gasteiger partial charge in [-0.3, -0.25) is 9.59 Å². The van der Waals surface area contributed by atoms with Crippen molar-refractivity contribution in [3.05, 3.63) is 95.8 Å². The summed E-state index contributed by atoms with van der Waals surface area (Å²) in [6.45, 7) is 0. The number of aliphatic imine (C=N–C) groups is 1. The van der Waals surface area contributed by atoms with Crippen LogP contribution in [-0.4, -0.2) is 40.1 Å². The average Bonchev–Trinajstić information content (AvgIpc) is 3.49. The van der Waals surface area contributed by atoms with Crippen molar-refractivity contribution in [1.29, 1.82) is 0 Å². The summed E-state index contributed by atoms with van der Waals surface area (Å²) < 4.78 is 18.8. The van der Waals surface area contributed by atoms with Crippen molar-refractivity contribution in [2.75, 3.05) is 12.4 Å². The van der Waals surface area contributed by atoms with E-state index in [0.29, 0.717) is 23.0 Å². The van der Waals surface area contributed by atoms with Crippen LogP contribution < -0.4 is 10.1 Å². The van der Waals surface area contributed by atoms with Crippen LogP contribution in [0.3, 0.4) is 0 Å². The quantitative estimate of drug-likeness (QED) is 0.512. The number of nitrogens with zero attached hydrogens (tertiary/aromatic N) is 3. The zero-order valence-electron chi connectivity index (χ0n) is 19.4. The Hall–Kier alpha value is -3.98. The molecule has 182 valence electrons. The molecule has 0 saturated heterocycles. The van der Waals surface area contributed by atoms with E-state index in [1.807, 2.05) is 30.3 Å². The van der Waals surface area contributed by atoms with E-state index in [9.17, 15) is 14.0 Å². The predicted octanol–water partition coefficient (Wildman–Crippen LogP) is 5.01. The highest BCUT2D eigenvalue weighted by Gasteiger charge is 2.39. The Balaban J connectivity index is 1.33. The highest BCUT2D eigenvalue weighted by atomic mass is 32.2. The average molecular weight is 503 g/mol. The van der Waals surface area contributed by atoms with E-state index >= 15 is 0 Å². The number of methoxy groups -OCH3 is 1. The molecule has 2 heterocycles. The summed E-state index contributed by atoms with van der Waals surface area (Å²) in [5, 5.41) is 9.09. The molecule has 0 saturated carbocycles. The third kappa shape index (κ3) is 5.16. The van der Waals surface area contributed by atoms with Crippen LogP contribution in [-0.2, 0) is 9.59 Å². The van der Waals surface area contributed by atoms with Gasteiger partial charge >= 0.3 is 0 Å². The second-order valence-corrected chi connectivity index (χ2v) is 9.52. The largest absolute Gasteiger partial charge is 0.497 e. The molecule has 36 heavy (non-hydrogen) atoms. The monoisotopic (exact) mass is 502 g/mol. The van der Waals surface area contributed by atoms with Crippen molar-refractivity contribution in [1.82, 2.24) is 5.01 Å². The molecule has 9 heteroatoms. The molecule has 2 atom stereocenters. The van der Waals surface area contributed by atoms with Crippen LogP contribution in [0.2, 0.25) is 0 Å². The van der Waals surface area contributed by atoms with Crippen LogP contribution in [0.5, 0.6) is 5.75 Å². The first-order chi connectivity index (χ1) is 17.5. The lowest BCUT2D eigenvalue weighted by molar-refractivity contribution is -0.121. The van der Waals surface area contributed by atoms with Crippen LogP contribution in [0.1, 0.15) is 30.0 Å². The number of carbonyl (C=O) groups is 2. The van der Waals surface area contributed by atoms with Crippen molar-refractivity contribution >= 4 is 40.1 Å². The summed E-state index contributed by atoms with van der Waals surface area (Å²) in [5.74, 6) is -0.373. The Labute approximate surface area is 212 Å². The van der Waals surface area contributed by atoms with Gasteiger partial charge in [0.15, 0.2) is 5.17 Å². The van der Waals surface area contributed by atoms with Crippen LogP contribution in [0.4, 0.5) is 10.1 Å². The number of thioether (sulfide) groups is 1. The van der Waals surface area contributed by atoms with E-state index in [2.05, 4.69) is 10.3 Å². The maximum absolute atomic E-state index is 13.6. The van der Waals surface area contributed by atoms with Crippen LogP contribution in [0.15, 0.2) is 89.0 Å². The van der Waals surface area contributed by atoms with E-state index in [1.54, 1.807) is 48.5 Å². The number of anilines is 1. The summed E-state index contributed by atoms with van der Waals surface area (Å²) in [6, 6.07) is 22.8. The standard InChI is InChI=1S/C27H23FN4O3S/c1-35-21-9-5-8-20(14-21)29-25(33)16-24-26(34)30-27(36-24)32-23(18-10-12-19(28)13-11-18)15-22(31-32)17-6-3-2-4-7-17/h2-14,23-24H,15-16H2,1H3,(H,29,33)/t23-,24+/m0/s1. The Morgan fingerprint density at radius 3 is 2.64 bits per heavy atom. The number of amidine groups is 1. The number of ether oxygens (including phenoxy) is 1. The fraction of sp³-hybridized carbons (Fsp3) is 0.185. The summed E-state index contributed by atoms with van der Waals surface area (Å²) >= 11 is 1.22. The Morgan fingerprint density at radius 1 is 1.11 bits per heavy atom. The highest BCUT2D eigenvalue weighted by molar-refractivity contribution is 8.15. The first-order valence-electron chi connectivity index (χ1n) is 11.4. The minimum absolute atomic E-state index is 0.0297. The van der Waals surface area contributed by atoms with Gasteiger partial charge in [0.25, 0.3) is 5.91 Å². The van der Waals surface area contributed by atoms with Crippen LogP contribution in [0, 0.1) is 5.82 Å². The first kappa shape index (κ1) is 23.7. The zero-order chi connectivity index (χ0) is 25.1. The summed E-state index contributed by atoms with van der Waals surface area (Å²) in [4.78, 5) is 29.6. The Bertz CT molecular complexity index is 1340. The number of benzene rings is 3. The van der Waals surface area contributed by atoms with E-state index in [-0.39, 0.29) is 30.1 Å². The van der Waals surface area contributed by atoms with Crippen molar-refractivity contribution in [2.24, 2.45) is 10.1 Å². The number of nitrogens with one attached hydrogen (secondary N) is 1. The lowest BCUT2D eigenvalue weighted by atomic mass is 9.99. The molecule has 2 aliphatic heterocycles. The molecule has 1 N–H and O–H groups in total. The Kier molecular flexibility index (Phi) is 6.81. The topological polar surface area (TPSA) is 83.4 Å². The second kappa shape index (κ2) is 10.3. The number of carbonyl (C=O) groups excluding carboxylic acids is 2. The summed E-state index contributed by atoms with van der Waals surface area (Å²) in [7, 11) is 1.55. The molecule has 0 spiro atoms. The van der Waals surface area contributed by atoms with Crippen molar-refractivity contribution < 1.29 is 18.7 Å². The Morgan fingerprint density at radius 2 is 1.89 bits per heavy atom. The van der Waals surface area contributed by atoms with Crippen molar-refractivity contribution in [3.63, 3.8) is 0 Å². The van der Waals surface area contributed by atoms with E-state index in [1.165, 1.54) is 23.9 Å². The fourth-order valence-corrected chi connectivity index (χ4v) is 5.18. The molecule has 3 aromatic rings. The van der Waals surface area contributed by atoms with E-state index in [4.69, 9.17) is 9.84 Å². The molecule has 0 aromatic heterocycles. The predicted molar refractivity (Wildman–Crippen MR) is 139 cm³/mol. The smallest absolute Gasteiger partial charge is 0.262 e. The molecule has 0 fully saturated rings. The molecular formula is C27H23FN4O3S. The second-order valence-electron chi connectivity index (χ2n) is 8.35. The molecule has 0 aliphatic carbocycles. The maximum Gasteiger partial charge on any atom is 0.262 e. The number of amides is 2. The van der Waals surface area contributed by atoms with Crippen molar-refractivity contribution in [2.45, 2.75) is 24.1 Å². The van der Waals surface area contributed by atoms with Crippen LogP contribution in [0.25, 0.3) is 0 Å². The van der Waals surface area contributed by atoms with Crippen LogP contribution >= 0.6 is 11.8 Å². The summed E-state index contributed by atoms with van der Waals surface area (Å²) in [5.41, 5.74) is 3.26. The lowest BCUT2D eigenvalue weighted by Gasteiger charge is -2.23. The van der Waals surface area contributed by atoms with Gasteiger partial charge in [0, 0.05) is 24.6 Å². The molecule has 2 aliphatic rings. The SMILES string of the molecule is COc1cccc(NC(=O)C[C@H]2SC(N3N=C(c4ccccc4)C[C@H]3c3ccc(F)cc3)=NC2=O)c1. The van der Waals surface area contributed by atoms with Gasteiger partial charge in [0.2, 0.25) is 5.91 Å². The molecule has 0 bridgehead atoms. The zero-order valence-corrected chi connectivity index (χ0v) is 20.2. The highest BCUT2D eigenvalue weighted by Crippen LogP contribution is 2.38. The van der Waals surface area contributed by atoms with E-state index < -0.39 is 5.25 Å². The van der Waals surface area contributed by atoms with Gasteiger partial charge in [-0.05, 0) is 35.4 Å². The molecular weight excluding hydrogens is 479 g/mol. The lowest BCUT2D eigenvalue weighted by Crippen LogP contribution is -2.25. The normalized spacial score (nSPS) is 19.2. The van der Waals surface area contributed by atoms with Crippen molar-refractivity contribution in [3.8, 4) is 5.75 Å². The summed E-state index contributed by atoms with van der Waals surface area (Å²) in [6.07, 6.45) is 0.544. The van der Waals surface area contributed by atoms with Gasteiger partial charge in [0.1, 0.15) is 16.8 Å². The molecule has 0 radical (unpaired) electrons. The van der Waals surface area contributed by atoms with Gasteiger partial charge in [-0.1, -0.05) is 60.3 Å². The molecule has 3 aromatic carbocycles. The van der Waals surface area contributed by atoms with Gasteiger partial charge in [-0.25, -0.2) is 9.40 Å². The number of hydrogen-bond donors (Lipinski definition) is 1. The third-order valence-electron chi connectivity index (χ3n) is 5.92. The van der Waals surface area contributed by atoms with E-state index in [0.717, 1.165) is 16.8 Å². The minimum Gasteiger partial charge on any atom is -0.497 e. The fourth-order valence-electron chi connectivity index (χ4n) is 4.12. The molecule has 2 amide bonds. The number of hydrogen-bond acceptors (Lipinski definition) is 6. The molecule has 7 nitrogen and oxygen atoms in total. The first-order valence-corrected chi connectivity index (χ1v) is 12.3. The number of halogens is 1. The van der Waals surface area contributed by atoms with Gasteiger partial charge < -0.3 is 10.1 Å². The number of rotatable bonds is 6. The minimum atomic E-state index is -0.657. The van der Waals surface area contributed by atoms with Gasteiger partial charge in [-0.2, -0.15) is 10.1 Å². The maximum atomic E-state index is 13.6. The molecule has 0 unspecified atom stereocenters. The molecule has 5 rings (SSSR count).